The van der Waals surface area contributed by atoms with Gasteiger partial charge in [-0.15, -0.1) is 0 Å². The second kappa shape index (κ2) is 12.2. The van der Waals surface area contributed by atoms with Crippen LogP contribution in [0.25, 0.3) is 11.0 Å². The van der Waals surface area contributed by atoms with E-state index < -0.39 is 30.4 Å². The molecule has 3 aromatic carbocycles. The molecule has 228 valence electrons. The van der Waals surface area contributed by atoms with Crippen molar-refractivity contribution < 1.29 is 23.8 Å². The van der Waals surface area contributed by atoms with Gasteiger partial charge in [-0.2, -0.15) is 0 Å². The predicted octanol–water partition coefficient (Wildman–Crippen LogP) is 6.52. The zero-order chi connectivity index (χ0) is 30.9. The van der Waals surface area contributed by atoms with Gasteiger partial charge in [0.1, 0.15) is 42.8 Å². The molecule has 0 bridgehead atoms. The number of ether oxygens (including phenoxy) is 3. The molecule has 0 amide bonds. The number of rotatable bonds is 8. The molecule has 0 radical (unpaired) electrons. The van der Waals surface area contributed by atoms with Crippen molar-refractivity contribution >= 4 is 28.8 Å². The molecule has 1 saturated heterocycles. The van der Waals surface area contributed by atoms with Crippen molar-refractivity contribution in [1.29, 1.82) is 0 Å². The zero-order valence-corrected chi connectivity index (χ0v) is 25.2. The highest BCUT2D eigenvalue weighted by molar-refractivity contribution is 5.90. The monoisotopic (exact) mass is 602 g/mol. The number of aryl methyl sites for hydroxylation is 3. The largest absolute Gasteiger partial charge is 0.459 e. The van der Waals surface area contributed by atoms with Crippen LogP contribution in [0.5, 0.6) is 0 Å². The summed E-state index contributed by atoms with van der Waals surface area (Å²) in [6, 6.07) is 25.0. The SMILES string of the molecule is Cc1ccc(C(=O)OCC2OC(n3ccc4c(N[C@H]5CCc6ccccc65)ncnc43)CC2OC(=O)c2ccc(C)cc2)cc1. The van der Waals surface area contributed by atoms with E-state index >= 15 is 0 Å². The van der Waals surface area contributed by atoms with E-state index in [4.69, 9.17) is 14.2 Å². The molecular formula is C36H34N4O5. The van der Waals surface area contributed by atoms with E-state index in [0.29, 0.717) is 23.2 Å². The highest BCUT2D eigenvalue weighted by atomic mass is 16.6. The summed E-state index contributed by atoms with van der Waals surface area (Å²) >= 11 is 0. The van der Waals surface area contributed by atoms with Crippen LogP contribution in [-0.2, 0) is 20.6 Å². The van der Waals surface area contributed by atoms with Crippen molar-refractivity contribution in [1.82, 2.24) is 14.5 Å². The molecule has 0 saturated carbocycles. The molecule has 4 atom stereocenters. The summed E-state index contributed by atoms with van der Waals surface area (Å²) in [6.45, 7) is 3.84. The molecule has 1 fully saturated rings. The van der Waals surface area contributed by atoms with Crippen LogP contribution in [0.15, 0.2) is 91.4 Å². The Morgan fingerprint density at radius 2 is 1.62 bits per heavy atom. The van der Waals surface area contributed by atoms with Crippen molar-refractivity contribution in [2.75, 3.05) is 11.9 Å². The molecule has 3 unspecified atom stereocenters. The maximum Gasteiger partial charge on any atom is 0.338 e. The van der Waals surface area contributed by atoms with Crippen molar-refractivity contribution in [2.24, 2.45) is 0 Å². The van der Waals surface area contributed by atoms with E-state index in [1.807, 2.05) is 54.9 Å². The lowest BCUT2D eigenvalue weighted by Gasteiger charge is -2.19. The third kappa shape index (κ3) is 5.91. The number of nitrogens with zero attached hydrogens (tertiary/aromatic N) is 3. The number of nitrogens with one attached hydrogen (secondary N) is 1. The van der Waals surface area contributed by atoms with E-state index in [9.17, 15) is 9.59 Å². The number of esters is 2. The fraction of sp³-hybridized carbons (Fsp3) is 0.278. The molecule has 1 aliphatic heterocycles. The van der Waals surface area contributed by atoms with Crippen LogP contribution in [0.3, 0.4) is 0 Å². The van der Waals surface area contributed by atoms with Crippen molar-refractivity contribution in [3.05, 3.63) is 125 Å². The first-order valence-electron chi connectivity index (χ1n) is 15.3. The minimum atomic E-state index is -0.675. The minimum absolute atomic E-state index is 0.0723. The second-order valence-corrected chi connectivity index (χ2v) is 11.8. The Balaban J connectivity index is 1.12. The Hall–Kier alpha value is -5.02. The summed E-state index contributed by atoms with van der Waals surface area (Å²) in [5.74, 6) is -0.166. The summed E-state index contributed by atoms with van der Waals surface area (Å²) in [6.07, 6.45) is 4.01. The predicted molar refractivity (Wildman–Crippen MR) is 169 cm³/mol. The first kappa shape index (κ1) is 28.7. The second-order valence-electron chi connectivity index (χ2n) is 11.8. The van der Waals surface area contributed by atoms with Crippen molar-refractivity contribution in [2.45, 2.75) is 57.6 Å². The molecule has 7 rings (SSSR count). The first-order chi connectivity index (χ1) is 21.9. The maximum atomic E-state index is 13.1. The van der Waals surface area contributed by atoms with Crippen LogP contribution in [0.1, 0.15) is 68.1 Å². The van der Waals surface area contributed by atoms with E-state index in [0.717, 1.165) is 35.2 Å². The lowest BCUT2D eigenvalue weighted by molar-refractivity contribution is -0.0562. The van der Waals surface area contributed by atoms with Gasteiger partial charge in [-0.25, -0.2) is 19.6 Å². The van der Waals surface area contributed by atoms with Crippen molar-refractivity contribution in [3.63, 3.8) is 0 Å². The van der Waals surface area contributed by atoms with Gasteiger partial charge in [0.25, 0.3) is 0 Å². The van der Waals surface area contributed by atoms with E-state index in [-0.39, 0.29) is 12.6 Å². The van der Waals surface area contributed by atoms with Crippen LogP contribution in [0, 0.1) is 13.8 Å². The van der Waals surface area contributed by atoms with Crippen LogP contribution < -0.4 is 5.32 Å². The molecule has 45 heavy (non-hydrogen) atoms. The van der Waals surface area contributed by atoms with Crippen molar-refractivity contribution in [3.8, 4) is 0 Å². The normalized spacial score (nSPS) is 20.6. The number of aromatic nitrogens is 3. The van der Waals surface area contributed by atoms with Crippen LogP contribution in [-0.4, -0.2) is 45.3 Å². The molecule has 9 nitrogen and oxygen atoms in total. The molecule has 5 aromatic rings. The Labute approximate surface area is 261 Å². The Kier molecular flexibility index (Phi) is 7.77. The van der Waals surface area contributed by atoms with Gasteiger partial charge in [-0.1, -0.05) is 59.7 Å². The van der Waals surface area contributed by atoms with Gasteiger partial charge < -0.3 is 24.1 Å². The smallest absolute Gasteiger partial charge is 0.338 e. The summed E-state index contributed by atoms with van der Waals surface area (Å²) in [5.41, 5.74) is 6.34. The number of hydrogen-bond donors (Lipinski definition) is 1. The Bertz CT molecular complexity index is 1850. The average molecular weight is 603 g/mol. The molecule has 2 aliphatic rings. The Morgan fingerprint density at radius 3 is 2.38 bits per heavy atom. The van der Waals surface area contributed by atoms with Crippen LogP contribution in [0.2, 0.25) is 0 Å². The van der Waals surface area contributed by atoms with Gasteiger partial charge in [0.05, 0.1) is 22.6 Å². The first-order valence-corrected chi connectivity index (χ1v) is 15.3. The van der Waals surface area contributed by atoms with Gasteiger partial charge in [0, 0.05) is 12.6 Å². The molecule has 2 aromatic heterocycles. The lowest BCUT2D eigenvalue weighted by atomic mass is 10.1. The zero-order valence-electron chi connectivity index (χ0n) is 25.2. The minimum Gasteiger partial charge on any atom is -0.459 e. The molecule has 1 N–H and O–H groups in total. The summed E-state index contributed by atoms with van der Waals surface area (Å²) in [5, 5.41) is 4.50. The molecule has 3 heterocycles. The third-order valence-electron chi connectivity index (χ3n) is 8.66. The summed E-state index contributed by atoms with van der Waals surface area (Å²) in [4.78, 5) is 35.1. The number of hydrogen-bond acceptors (Lipinski definition) is 8. The summed E-state index contributed by atoms with van der Waals surface area (Å²) < 4.78 is 20.0. The molecule has 1 aliphatic carbocycles. The highest BCUT2D eigenvalue weighted by Gasteiger charge is 2.40. The third-order valence-corrected chi connectivity index (χ3v) is 8.66. The fourth-order valence-electron chi connectivity index (χ4n) is 6.16. The number of benzene rings is 3. The molecule has 0 spiro atoms. The quantitative estimate of drug-likeness (QED) is 0.200. The molecule has 9 heteroatoms. The fourth-order valence-corrected chi connectivity index (χ4v) is 6.16. The topological polar surface area (TPSA) is 105 Å². The maximum absolute atomic E-state index is 13.1. The van der Waals surface area contributed by atoms with Gasteiger partial charge in [-0.3, -0.25) is 0 Å². The highest BCUT2D eigenvalue weighted by Crippen LogP contribution is 2.37. The summed E-state index contributed by atoms with van der Waals surface area (Å²) in [7, 11) is 0. The van der Waals surface area contributed by atoms with Gasteiger partial charge in [0.15, 0.2) is 0 Å². The molecular weight excluding hydrogens is 568 g/mol. The lowest BCUT2D eigenvalue weighted by Crippen LogP contribution is -2.32. The number of fused-ring (bicyclic) bond motifs is 2. The standard InChI is InChI=1S/C36H34N4O5/c1-22-7-11-25(12-8-22)35(41)43-20-31-30(45-36(42)26-13-9-23(2)10-14-26)19-32(44-31)40-18-17-28-33(37-21-38-34(28)40)39-29-16-15-24-5-3-4-6-27(24)29/h3-14,17-18,21,29-32H,15-16,19-20H2,1-2H3,(H,37,38,39)/t29-,30?,31?,32?/m0/s1. The van der Waals surface area contributed by atoms with E-state index in [1.54, 1.807) is 30.6 Å². The van der Waals surface area contributed by atoms with Gasteiger partial charge in [-0.05, 0) is 68.1 Å². The van der Waals surface area contributed by atoms with Gasteiger partial charge in [0.2, 0.25) is 0 Å². The number of carbonyl (C=O) groups is 2. The van der Waals surface area contributed by atoms with E-state index in [1.165, 1.54) is 11.1 Å². The average Bonchev–Trinajstić information content (AvgIpc) is 3.78. The Morgan fingerprint density at radius 1 is 0.911 bits per heavy atom. The number of carbonyl (C=O) groups excluding carboxylic acids is 2. The van der Waals surface area contributed by atoms with Crippen LogP contribution >= 0.6 is 0 Å². The van der Waals surface area contributed by atoms with Crippen LogP contribution in [0.4, 0.5) is 5.82 Å². The van der Waals surface area contributed by atoms with Gasteiger partial charge >= 0.3 is 11.9 Å². The number of anilines is 1. The van der Waals surface area contributed by atoms with E-state index in [2.05, 4.69) is 39.6 Å².